The summed E-state index contributed by atoms with van der Waals surface area (Å²) < 4.78 is 0. The Kier molecular flexibility index (Phi) is 3.38. The summed E-state index contributed by atoms with van der Waals surface area (Å²) in [5.41, 5.74) is 0. The van der Waals surface area contributed by atoms with E-state index in [1.54, 1.807) is 0 Å². The highest BCUT2D eigenvalue weighted by Gasteiger charge is 2.14. The van der Waals surface area contributed by atoms with Gasteiger partial charge in [-0.25, -0.2) is 0 Å². The van der Waals surface area contributed by atoms with Crippen molar-refractivity contribution in [2.24, 2.45) is 0 Å². The van der Waals surface area contributed by atoms with E-state index in [1.807, 2.05) is 6.55 Å². The third-order valence-corrected chi connectivity index (χ3v) is 3.04. The maximum atomic E-state index is 9.13. The Balaban J connectivity index is 2.13. The smallest absolute Gasteiger partial charge is 0.246 e. The van der Waals surface area contributed by atoms with Gasteiger partial charge in [0.05, 0.1) is 0 Å². The van der Waals surface area contributed by atoms with Gasteiger partial charge in [0, 0.05) is 6.04 Å². The molecule has 0 heterocycles. The maximum absolute atomic E-state index is 9.13. The van der Waals surface area contributed by atoms with Crippen LogP contribution < -0.4 is 4.98 Å². The highest BCUT2D eigenvalue weighted by molar-refractivity contribution is 6.45. The lowest BCUT2D eigenvalue weighted by molar-refractivity contribution is 0.399. The van der Waals surface area contributed by atoms with Crippen LogP contribution in [-0.2, 0) is 0 Å². The van der Waals surface area contributed by atoms with Crippen molar-refractivity contribution in [3.05, 3.63) is 0 Å². The first-order valence-corrected chi connectivity index (χ1v) is 6.48. The molecule has 3 heteroatoms. The molecule has 2 nitrogen and oxygen atoms in total. The molecule has 0 bridgehead atoms. The van der Waals surface area contributed by atoms with Crippen LogP contribution >= 0.6 is 0 Å². The highest BCUT2D eigenvalue weighted by atomic mass is 28.3. The average Bonchev–Trinajstić information content (AvgIpc) is 1.88. The molecule has 0 aliphatic heterocycles. The first-order chi connectivity index (χ1) is 4.79. The van der Waals surface area contributed by atoms with Crippen LogP contribution in [0.25, 0.3) is 0 Å². The molecule has 1 rings (SSSR count). The lowest BCUT2D eigenvalue weighted by atomic mass is 9.96. The maximum Gasteiger partial charge on any atom is 0.246 e. The molecule has 0 spiro atoms. The minimum atomic E-state index is -1.49. The Morgan fingerprint density at radius 3 is 2.40 bits per heavy atom. The molecule has 2 N–H and O–H groups in total. The predicted molar refractivity (Wildman–Crippen MR) is 45.2 cm³/mol. The van der Waals surface area contributed by atoms with Gasteiger partial charge in [0.1, 0.15) is 0 Å². The van der Waals surface area contributed by atoms with Crippen molar-refractivity contribution in [3.8, 4) is 0 Å². The van der Waals surface area contributed by atoms with E-state index >= 15 is 0 Å². The second kappa shape index (κ2) is 4.11. The summed E-state index contributed by atoms with van der Waals surface area (Å²) >= 11 is 0. The van der Waals surface area contributed by atoms with Crippen molar-refractivity contribution in [3.63, 3.8) is 0 Å². The summed E-state index contributed by atoms with van der Waals surface area (Å²) in [4.78, 5) is 12.4. The predicted octanol–water partition coefficient (Wildman–Crippen LogP) is 0.751. The summed E-state index contributed by atoms with van der Waals surface area (Å²) in [7, 11) is -1.49. The molecule has 0 saturated heterocycles. The normalized spacial score (nSPS) is 24.6. The van der Waals surface area contributed by atoms with Gasteiger partial charge in [0.25, 0.3) is 0 Å². The second-order valence-corrected chi connectivity index (χ2v) is 4.86. The fourth-order valence-corrected chi connectivity index (χ4v) is 2.63. The van der Waals surface area contributed by atoms with Gasteiger partial charge in [-0.1, -0.05) is 19.3 Å². The summed E-state index contributed by atoms with van der Waals surface area (Å²) in [6.45, 7) is 1.93. The van der Waals surface area contributed by atoms with Crippen molar-refractivity contribution >= 4 is 9.20 Å². The number of hydrogen-bond acceptors (Lipinski definition) is 2. The minimum Gasteiger partial charge on any atom is -0.422 e. The van der Waals surface area contributed by atoms with Crippen LogP contribution in [0.15, 0.2) is 0 Å². The Morgan fingerprint density at radius 2 is 1.90 bits per heavy atom. The first-order valence-electron chi connectivity index (χ1n) is 4.23. The van der Waals surface area contributed by atoms with Crippen LogP contribution in [0.5, 0.6) is 0 Å². The molecule has 0 aromatic carbocycles. The molecule has 0 radical (unpaired) electrons. The van der Waals surface area contributed by atoms with Crippen LogP contribution in [0.1, 0.15) is 32.1 Å². The van der Waals surface area contributed by atoms with Crippen LogP contribution in [0.4, 0.5) is 0 Å². The van der Waals surface area contributed by atoms with Crippen LogP contribution in [-0.4, -0.2) is 20.0 Å². The topological polar surface area (TPSA) is 32.3 Å². The molecule has 0 amide bonds. The highest BCUT2D eigenvalue weighted by Crippen LogP contribution is 2.17. The number of hydrogen-bond donors (Lipinski definition) is 2. The Labute approximate surface area is 64.4 Å². The van der Waals surface area contributed by atoms with Crippen LogP contribution in [0.2, 0.25) is 6.55 Å². The Hall–Kier alpha value is 0.137. The first kappa shape index (κ1) is 8.24. The van der Waals surface area contributed by atoms with Crippen molar-refractivity contribution < 1.29 is 4.80 Å². The Bertz CT molecular complexity index is 91.6. The Morgan fingerprint density at radius 1 is 1.30 bits per heavy atom. The van der Waals surface area contributed by atoms with Gasteiger partial charge in [0.15, 0.2) is 0 Å². The van der Waals surface area contributed by atoms with Crippen molar-refractivity contribution in [1.82, 2.24) is 4.98 Å². The molecular weight excluding hydrogens is 142 g/mol. The fraction of sp³-hybridized carbons (Fsp3) is 1.00. The van der Waals surface area contributed by atoms with E-state index in [9.17, 15) is 0 Å². The lowest BCUT2D eigenvalue weighted by Crippen LogP contribution is -2.40. The van der Waals surface area contributed by atoms with Gasteiger partial charge in [-0.3, -0.25) is 0 Å². The number of rotatable bonds is 2. The molecule has 0 aromatic rings. The summed E-state index contributed by atoms with van der Waals surface area (Å²) in [5.74, 6) is 0. The molecule has 1 saturated carbocycles. The zero-order valence-electron chi connectivity index (χ0n) is 6.64. The van der Waals surface area contributed by atoms with Gasteiger partial charge >= 0.3 is 0 Å². The zero-order chi connectivity index (χ0) is 7.40. The average molecular weight is 159 g/mol. The second-order valence-electron chi connectivity index (χ2n) is 3.18. The van der Waals surface area contributed by atoms with E-state index in [0.717, 1.165) is 0 Å². The summed E-state index contributed by atoms with van der Waals surface area (Å²) in [6.07, 6.45) is 6.63. The zero-order valence-corrected chi connectivity index (χ0v) is 7.79. The SMILES string of the molecule is C[SiH](O)NC1CCCCC1. The van der Waals surface area contributed by atoms with E-state index in [2.05, 4.69) is 4.98 Å². The van der Waals surface area contributed by atoms with Crippen molar-refractivity contribution in [2.75, 3.05) is 0 Å². The molecule has 1 atom stereocenters. The van der Waals surface area contributed by atoms with Crippen molar-refractivity contribution in [2.45, 2.75) is 44.7 Å². The van der Waals surface area contributed by atoms with Crippen molar-refractivity contribution in [1.29, 1.82) is 0 Å². The van der Waals surface area contributed by atoms with Crippen LogP contribution in [0.3, 0.4) is 0 Å². The van der Waals surface area contributed by atoms with E-state index in [1.165, 1.54) is 32.1 Å². The van der Waals surface area contributed by atoms with Gasteiger partial charge in [-0.05, 0) is 19.4 Å². The van der Waals surface area contributed by atoms with E-state index < -0.39 is 9.20 Å². The van der Waals surface area contributed by atoms with E-state index in [4.69, 9.17) is 4.80 Å². The van der Waals surface area contributed by atoms with E-state index in [-0.39, 0.29) is 0 Å². The van der Waals surface area contributed by atoms with Gasteiger partial charge < -0.3 is 9.78 Å². The van der Waals surface area contributed by atoms with Gasteiger partial charge in [0.2, 0.25) is 9.20 Å². The third kappa shape index (κ3) is 2.81. The van der Waals surface area contributed by atoms with Gasteiger partial charge in [-0.2, -0.15) is 0 Å². The summed E-state index contributed by atoms with van der Waals surface area (Å²) in [5, 5.41) is 0. The molecule has 0 aromatic heterocycles. The van der Waals surface area contributed by atoms with Gasteiger partial charge in [-0.15, -0.1) is 0 Å². The molecule has 10 heavy (non-hydrogen) atoms. The third-order valence-electron chi connectivity index (χ3n) is 2.08. The molecular formula is C7H17NOSi. The minimum absolute atomic E-state index is 0.639. The largest absolute Gasteiger partial charge is 0.422 e. The molecule has 1 aliphatic rings. The molecule has 1 aliphatic carbocycles. The number of nitrogens with one attached hydrogen (secondary N) is 1. The lowest BCUT2D eigenvalue weighted by Gasteiger charge is -2.23. The molecule has 1 unspecified atom stereocenters. The fourth-order valence-electron chi connectivity index (χ4n) is 1.61. The molecule has 60 valence electrons. The molecule has 1 fully saturated rings. The van der Waals surface area contributed by atoms with E-state index in [0.29, 0.717) is 6.04 Å². The summed E-state index contributed by atoms with van der Waals surface area (Å²) in [6, 6.07) is 0.639. The van der Waals surface area contributed by atoms with Crippen LogP contribution in [0, 0.1) is 0 Å². The quantitative estimate of drug-likeness (QED) is 0.583. The standard InChI is InChI=1S/C7H17NOSi/c1-10(9)8-7-5-3-2-4-6-7/h7-10H,2-6H2,1H3. The monoisotopic (exact) mass is 159 g/mol.